The average molecular weight is 484 g/mol. The molecule has 1 N–H and O–H groups in total. The van der Waals surface area contributed by atoms with E-state index in [0.717, 1.165) is 48.6 Å². The number of benzene rings is 1. The summed E-state index contributed by atoms with van der Waals surface area (Å²) in [5.74, 6) is 0.860. The first-order valence-electron chi connectivity index (χ1n) is 12.8. The number of hydrogen-bond donors (Lipinski definition) is 1. The number of carbonyl (C=O) groups is 2. The van der Waals surface area contributed by atoms with E-state index in [1.165, 1.54) is 0 Å². The molecule has 4 rings (SSSR count). The van der Waals surface area contributed by atoms with Crippen LogP contribution in [0.15, 0.2) is 21.3 Å². The first-order chi connectivity index (χ1) is 16.5. The first-order valence-corrected chi connectivity index (χ1v) is 12.8. The van der Waals surface area contributed by atoms with Crippen LogP contribution in [0, 0.1) is 24.7 Å². The summed E-state index contributed by atoms with van der Waals surface area (Å²) in [5.41, 5.74) is 2.28. The summed E-state index contributed by atoms with van der Waals surface area (Å²) in [6.07, 6.45) is 5.31. The smallest absolute Gasteiger partial charge is 0.407 e. The van der Waals surface area contributed by atoms with Gasteiger partial charge in [0.2, 0.25) is 0 Å². The highest BCUT2D eigenvalue weighted by molar-refractivity contribution is 5.87. The fourth-order valence-electron chi connectivity index (χ4n) is 5.26. The van der Waals surface area contributed by atoms with Crippen molar-refractivity contribution >= 4 is 23.0 Å². The van der Waals surface area contributed by atoms with Crippen LogP contribution in [-0.2, 0) is 22.4 Å². The number of amides is 1. The van der Waals surface area contributed by atoms with Crippen LogP contribution in [-0.4, -0.2) is 24.2 Å². The average Bonchev–Trinajstić information content (AvgIpc) is 2.79. The lowest BCUT2D eigenvalue weighted by Crippen LogP contribution is -2.36. The van der Waals surface area contributed by atoms with E-state index in [0.29, 0.717) is 48.1 Å². The molecule has 1 saturated carbocycles. The molecule has 0 bridgehead atoms. The molecule has 2 aliphatic carbocycles. The fraction of sp³-hybridized carbons (Fsp3) is 0.607. The minimum Gasteiger partial charge on any atom is -0.444 e. The second kappa shape index (κ2) is 10.0. The third-order valence-corrected chi connectivity index (χ3v) is 7.25. The van der Waals surface area contributed by atoms with Crippen LogP contribution < -0.4 is 15.7 Å². The fourth-order valence-corrected chi connectivity index (χ4v) is 5.26. The van der Waals surface area contributed by atoms with Crippen molar-refractivity contribution in [1.82, 2.24) is 5.32 Å². The van der Waals surface area contributed by atoms with Gasteiger partial charge in [-0.2, -0.15) is 0 Å². The highest BCUT2D eigenvalue weighted by Crippen LogP contribution is 2.35. The Bertz CT molecular complexity index is 1170. The maximum Gasteiger partial charge on any atom is 0.407 e. The van der Waals surface area contributed by atoms with E-state index in [1.54, 1.807) is 0 Å². The normalized spacial score (nSPS) is 22.4. The third kappa shape index (κ3) is 5.88. The van der Waals surface area contributed by atoms with E-state index in [-0.39, 0.29) is 17.5 Å². The molecular formula is C28H37NO6. The van der Waals surface area contributed by atoms with Gasteiger partial charge in [0.25, 0.3) is 0 Å². The minimum atomic E-state index is -0.521. The zero-order valence-electron chi connectivity index (χ0n) is 21.5. The standard InChI is InChI=1S/C28H37NO6/c1-16-6-11-21-22(14-16)20-12-13-23(17(2)24(20)34-26(21)31)33-25(30)19-9-7-18(8-10-19)15-29-27(32)35-28(3,4)5/h12-13,16,18-19H,6-11,14-15H2,1-5H3,(H,29,32)/t16-,18?,19?/m1/s1. The van der Waals surface area contributed by atoms with Crippen LogP contribution in [0.5, 0.6) is 5.75 Å². The molecule has 1 fully saturated rings. The Morgan fingerprint density at radius 3 is 2.49 bits per heavy atom. The monoisotopic (exact) mass is 483 g/mol. The van der Waals surface area contributed by atoms with E-state index in [4.69, 9.17) is 13.9 Å². The number of hydrogen-bond acceptors (Lipinski definition) is 6. The lowest BCUT2D eigenvalue weighted by atomic mass is 9.82. The molecule has 7 heteroatoms. The van der Waals surface area contributed by atoms with Gasteiger partial charge in [-0.3, -0.25) is 4.79 Å². The van der Waals surface area contributed by atoms with E-state index in [9.17, 15) is 14.4 Å². The summed E-state index contributed by atoms with van der Waals surface area (Å²) < 4.78 is 16.8. The largest absolute Gasteiger partial charge is 0.444 e. The molecule has 1 atom stereocenters. The Morgan fingerprint density at radius 2 is 1.80 bits per heavy atom. The van der Waals surface area contributed by atoms with Gasteiger partial charge in [0.1, 0.15) is 16.9 Å². The predicted molar refractivity (Wildman–Crippen MR) is 134 cm³/mol. The topological polar surface area (TPSA) is 94.8 Å². The Balaban J connectivity index is 1.38. The quantitative estimate of drug-likeness (QED) is 0.352. The van der Waals surface area contributed by atoms with E-state index < -0.39 is 11.7 Å². The lowest BCUT2D eigenvalue weighted by molar-refractivity contribution is -0.140. The van der Waals surface area contributed by atoms with Crippen molar-refractivity contribution in [2.45, 2.75) is 85.2 Å². The molecule has 190 valence electrons. The number of aryl methyl sites for hydroxylation is 1. The van der Waals surface area contributed by atoms with Gasteiger partial charge >= 0.3 is 17.7 Å². The van der Waals surface area contributed by atoms with Gasteiger partial charge in [-0.15, -0.1) is 0 Å². The van der Waals surface area contributed by atoms with Gasteiger partial charge in [0, 0.05) is 23.1 Å². The lowest BCUT2D eigenvalue weighted by Gasteiger charge is -2.28. The first kappa shape index (κ1) is 25.3. The van der Waals surface area contributed by atoms with Crippen LogP contribution in [0.25, 0.3) is 11.0 Å². The molecule has 0 aliphatic heterocycles. The van der Waals surface area contributed by atoms with Crippen LogP contribution in [0.2, 0.25) is 0 Å². The van der Waals surface area contributed by atoms with Gasteiger partial charge in [0.05, 0.1) is 5.92 Å². The Kier molecular flexibility index (Phi) is 7.25. The highest BCUT2D eigenvalue weighted by atomic mass is 16.6. The van der Waals surface area contributed by atoms with Crippen LogP contribution in [0.4, 0.5) is 4.79 Å². The summed E-state index contributed by atoms with van der Waals surface area (Å²) in [6.45, 7) is 10.1. The van der Waals surface area contributed by atoms with E-state index in [2.05, 4.69) is 12.2 Å². The summed E-state index contributed by atoms with van der Waals surface area (Å²) in [5, 5.41) is 3.78. The van der Waals surface area contributed by atoms with Crippen molar-refractivity contribution in [3.8, 4) is 5.75 Å². The number of alkyl carbamates (subject to hydrolysis) is 1. The zero-order chi connectivity index (χ0) is 25.3. The van der Waals surface area contributed by atoms with Crippen LogP contribution in [0.1, 0.15) is 76.5 Å². The molecule has 0 unspecified atom stereocenters. The van der Waals surface area contributed by atoms with Crippen molar-refractivity contribution < 1.29 is 23.5 Å². The van der Waals surface area contributed by atoms with Crippen molar-refractivity contribution in [2.75, 3.05) is 6.54 Å². The SMILES string of the molecule is Cc1c(OC(=O)C2CCC(CNC(=O)OC(C)(C)C)CC2)ccc2c3c(c(=O)oc12)CC[C@@H](C)C3. The Hall–Kier alpha value is -2.83. The maximum atomic E-state index is 12.9. The second-order valence-electron chi connectivity index (χ2n) is 11.3. The molecule has 0 radical (unpaired) electrons. The van der Waals surface area contributed by atoms with E-state index >= 15 is 0 Å². The van der Waals surface area contributed by atoms with Gasteiger partial charge in [-0.1, -0.05) is 6.92 Å². The maximum absolute atomic E-state index is 12.9. The summed E-state index contributed by atoms with van der Waals surface area (Å²) >= 11 is 0. The number of fused-ring (bicyclic) bond motifs is 3. The van der Waals surface area contributed by atoms with Crippen molar-refractivity contribution in [3.63, 3.8) is 0 Å². The zero-order valence-corrected chi connectivity index (χ0v) is 21.5. The number of rotatable bonds is 4. The molecular weight excluding hydrogens is 446 g/mol. The van der Waals surface area contributed by atoms with Gasteiger partial charge in [0.15, 0.2) is 0 Å². The molecule has 0 saturated heterocycles. The van der Waals surface area contributed by atoms with E-state index in [1.807, 2.05) is 39.8 Å². The predicted octanol–water partition coefficient (Wildman–Crippen LogP) is 5.46. The second-order valence-corrected chi connectivity index (χ2v) is 11.3. The van der Waals surface area contributed by atoms with Crippen molar-refractivity contribution in [3.05, 3.63) is 39.2 Å². The number of nitrogens with one attached hydrogen (secondary N) is 1. The van der Waals surface area contributed by atoms with Gasteiger partial charge in [-0.05, 0) is 102 Å². The van der Waals surface area contributed by atoms with Gasteiger partial charge < -0.3 is 19.2 Å². The summed E-state index contributed by atoms with van der Waals surface area (Å²) in [6, 6.07) is 3.75. The van der Waals surface area contributed by atoms with Crippen molar-refractivity contribution in [2.24, 2.45) is 17.8 Å². The van der Waals surface area contributed by atoms with Gasteiger partial charge in [-0.25, -0.2) is 9.59 Å². The molecule has 2 aliphatic rings. The molecule has 1 aromatic carbocycles. The minimum absolute atomic E-state index is 0.181. The molecule has 1 aromatic heterocycles. The molecule has 7 nitrogen and oxygen atoms in total. The molecule has 1 heterocycles. The summed E-state index contributed by atoms with van der Waals surface area (Å²) in [4.78, 5) is 37.4. The van der Waals surface area contributed by atoms with Crippen LogP contribution in [0.3, 0.4) is 0 Å². The number of carbonyl (C=O) groups excluding carboxylic acids is 2. The molecule has 35 heavy (non-hydrogen) atoms. The highest BCUT2D eigenvalue weighted by Gasteiger charge is 2.29. The molecule has 0 spiro atoms. The third-order valence-electron chi connectivity index (χ3n) is 7.25. The summed E-state index contributed by atoms with van der Waals surface area (Å²) in [7, 11) is 0. The number of ether oxygens (including phenoxy) is 2. The molecule has 2 aromatic rings. The Morgan fingerprint density at radius 1 is 1.09 bits per heavy atom. The Labute approximate surface area is 206 Å². The van der Waals surface area contributed by atoms with Crippen molar-refractivity contribution in [1.29, 1.82) is 0 Å². The molecule has 1 amide bonds. The number of esters is 1. The van der Waals surface area contributed by atoms with Crippen LogP contribution >= 0.6 is 0 Å².